The van der Waals surface area contributed by atoms with Gasteiger partial charge < -0.3 is 21.1 Å². The average Bonchev–Trinajstić information content (AvgIpc) is 2.91. The molecule has 1 saturated heterocycles. The van der Waals surface area contributed by atoms with Crippen LogP contribution in [0.4, 0.5) is 4.39 Å². The number of benzene rings is 1. The Labute approximate surface area is 138 Å². The lowest BCUT2D eigenvalue weighted by Gasteiger charge is -2.24. The predicted octanol–water partition coefficient (Wildman–Crippen LogP) is -0.680. The van der Waals surface area contributed by atoms with Crippen molar-refractivity contribution in [3.05, 3.63) is 35.6 Å². The molecule has 3 amide bonds. The van der Waals surface area contributed by atoms with E-state index in [1.165, 1.54) is 30.0 Å². The van der Waals surface area contributed by atoms with E-state index < -0.39 is 35.8 Å². The monoisotopic (exact) mass is 337 g/mol. The molecule has 130 valence electrons. The van der Waals surface area contributed by atoms with Crippen LogP contribution >= 0.6 is 0 Å². The Morgan fingerprint density at radius 3 is 2.67 bits per heavy atom. The van der Waals surface area contributed by atoms with Crippen molar-refractivity contribution in [3.63, 3.8) is 0 Å². The standard InChI is InChI=1S/C16H20FN3O4/c1-9(21)20-8-11(22)7-14(20)16(24)19-13(15(18)23)6-10-4-2-3-5-12(10)17/h2-5,11,13-14,22H,6-8H2,1H3,(H2,18,23)(H,19,24)/t11-,13-,14+/m1/s1. The number of nitrogens with two attached hydrogens (primary N) is 1. The minimum atomic E-state index is -1.11. The maximum Gasteiger partial charge on any atom is 0.243 e. The molecule has 0 spiro atoms. The zero-order valence-corrected chi connectivity index (χ0v) is 13.2. The Bertz CT molecular complexity index is 652. The third-order valence-corrected chi connectivity index (χ3v) is 4.03. The lowest BCUT2D eigenvalue weighted by atomic mass is 10.0. The largest absolute Gasteiger partial charge is 0.391 e. The minimum absolute atomic E-state index is 0.0575. The van der Waals surface area contributed by atoms with Crippen LogP contribution in [0.2, 0.25) is 0 Å². The third-order valence-electron chi connectivity index (χ3n) is 4.03. The number of β-amino-alcohol motifs (C(OH)–C–C–N with tert-alkyl or cyclic N) is 1. The Morgan fingerprint density at radius 2 is 2.08 bits per heavy atom. The number of carbonyl (C=O) groups excluding carboxylic acids is 3. The highest BCUT2D eigenvalue weighted by Crippen LogP contribution is 2.18. The zero-order chi connectivity index (χ0) is 17.9. The smallest absolute Gasteiger partial charge is 0.243 e. The molecular formula is C16H20FN3O4. The third kappa shape index (κ3) is 4.08. The van der Waals surface area contributed by atoms with Gasteiger partial charge in [-0.1, -0.05) is 18.2 Å². The van der Waals surface area contributed by atoms with Crippen LogP contribution in [0.3, 0.4) is 0 Å². The molecule has 1 fully saturated rings. The van der Waals surface area contributed by atoms with Gasteiger partial charge >= 0.3 is 0 Å². The summed E-state index contributed by atoms with van der Waals surface area (Å²) in [5, 5.41) is 12.1. The van der Waals surface area contributed by atoms with Gasteiger partial charge in [0, 0.05) is 26.3 Å². The van der Waals surface area contributed by atoms with Crippen molar-refractivity contribution in [2.24, 2.45) is 5.73 Å². The number of rotatable bonds is 5. The van der Waals surface area contributed by atoms with E-state index in [1.807, 2.05) is 0 Å². The van der Waals surface area contributed by atoms with E-state index in [2.05, 4.69) is 5.32 Å². The number of nitrogens with zero attached hydrogens (tertiary/aromatic N) is 1. The van der Waals surface area contributed by atoms with E-state index in [4.69, 9.17) is 5.73 Å². The van der Waals surface area contributed by atoms with E-state index in [1.54, 1.807) is 6.07 Å². The Kier molecular flexibility index (Phi) is 5.50. The van der Waals surface area contributed by atoms with Gasteiger partial charge in [-0.3, -0.25) is 14.4 Å². The number of nitrogens with one attached hydrogen (secondary N) is 1. The number of likely N-dealkylation sites (tertiary alicyclic amines) is 1. The number of aliphatic hydroxyl groups excluding tert-OH is 1. The molecule has 1 aliphatic heterocycles. The summed E-state index contributed by atoms with van der Waals surface area (Å²) in [6, 6.07) is 3.89. The second-order valence-corrected chi connectivity index (χ2v) is 5.84. The average molecular weight is 337 g/mol. The van der Waals surface area contributed by atoms with Gasteiger partial charge in [0.25, 0.3) is 0 Å². The summed E-state index contributed by atoms with van der Waals surface area (Å²) >= 11 is 0. The lowest BCUT2D eigenvalue weighted by Crippen LogP contribution is -2.52. The van der Waals surface area contributed by atoms with Crippen LogP contribution in [-0.4, -0.2) is 52.5 Å². The van der Waals surface area contributed by atoms with Crippen LogP contribution in [-0.2, 0) is 20.8 Å². The second-order valence-electron chi connectivity index (χ2n) is 5.84. The summed E-state index contributed by atoms with van der Waals surface area (Å²) in [5.41, 5.74) is 5.54. The van der Waals surface area contributed by atoms with Crippen molar-refractivity contribution in [2.45, 2.75) is 38.0 Å². The minimum Gasteiger partial charge on any atom is -0.391 e. The maximum atomic E-state index is 13.7. The van der Waals surface area contributed by atoms with Crippen molar-refractivity contribution >= 4 is 17.7 Å². The lowest BCUT2D eigenvalue weighted by molar-refractivity contribution is -0.138. The molecule has 1 aromatic carbocycles. The maximum absolute atomic E-state index is 13.7. The van der Waals surface area contributed by atoms with Crippen LogP contribution in [0.1, 0.15) is 18.9 Å². The molecule has 0 aliphatic carbocycles. The summed E-state index contributed by atoms with van der Waals surface area (Å²) in [5.74, 6) is -2.25. The summed E-state index contributed by atoms with van der Waals surface area (Å²) in [6.07, 6.45) is -0.817. The molecule has 0 saturated carbocycles. The highest BCUT2D eigenvalue weighted by Gasteiger charge is 2.38. The summed E-state index contributed by atoms with van der Waals surface area (Å²) in [6.45, 7) is 1.35. The highest BCUT2D eigenvalue weighted by molar-refractivity contribution is 5.91. The molecule has 1 heterocycles. The van der Waals surface area contributed by atoms with Gasteiger partial charge in [-0.2, -0.15) is 0 Å². The molecule has 0 unspecified atom stereocenters. The van der Waals surface area contributed by atoms with Crippen LogP contribution in [0.15, 0.2) is 24.3 Å². The molecule has 7 nitrogen and oxygen atoms in total. The number of hydrogen-bond donors (Lipinski definition) is 3. The first-order valence-corrected chi connectivity index (χ1v) is 7.58. The highest BCUT2D eigenvalue weighted by atomic mass is 19.1. The molecule has 8 heteroatoms. The van der Waals surface area contributed by atoms with Gasteiger partial charge in [0.1, 0.15) is 17.9 Å². The van der Waals surface area contributed by atoms with Gasteiger partial charge in [-0.15, -0.1) is 0 Å². The van der Waals surface area contributed by atoms with Crippen molar-refractivity contribution < 1.29 is 23.9 Å². The predicted molar refractivity (Wildman–Crippen MR) is 83.0 cm³/mol. The topological polar surface area (TPSA) is 113 Å². The van der Waals surface area contributed by atoms with Gasteiger partial charge in [0.05, 0.1) is 6.10 Å². The summed E-state index contributed by atoms with van der Waals surface area (Å²) < 4.78 is 13.7. The van der Waals surface area contributed by atoms with Crippen molar-refractivity contribution in [3.8, 4) is 0 Å². The van der Waals surface area contributed by atoms with Gasteiger partial charge in [-0.25, -0.2) is 4.39 Å². The van der Waals surface area contributed by atoms with E-state index in [0.29, 0.717) is 0 Å². The van der Waals surface area contributed by atoms with Gasteiger partial charge in [0.2, 0.25) is 17.7 Å². The van der Waals surface area contributed by atoms with E-state index in [9.17, 15) is 23.9 Å². The number of carbonyl (C=O) groups is 3. The Morgan fingerprint density at radius 1 is 1.42 bits per heavy atom. The molecule has 4 N–H and O–H groups in total. The number of amides is 3. The fourth-order valence-electron chi connectivity index (χ4n) is 2.78. The molecule has 24 heavy (non-hydrogen) atoms. The zero-order valence-electron chi connectivity index (χ0n) is 13.2. The molecular weight excluding hydrogens is 317 g/mol. The van der Waals surface area contributed by atoms with Crippen LogP contribution in [0.25, 0.3) is 0 Å². The summed E-state index contributed by atoms with van der Waals surface area (Å²) in [7, 11) is 0. The van der Waals surface area contributed by atoms with Gasteiger partial charge in [-0.05, 0) is 11.6 Å². The first-order chi connectivity index (χ1) is 11.3. The van der Waals surface area contributed by atoms with Crippen molar-refractivity contribution in [1.82, 2.24) is 10.2 Å². The number of halogens is 1. The van der Waals surface area contributed by atoms with Crippen LogP contribution in [0, 0.1) is 5.82 Å². The van der Waals surface area contributed by atoms with E-state index >= 15 is 0 Å². The fourth-order valence-corrected chi connectivity index (χ4v) is 2.78. The molecule has 0 radical (unpaired) electrons. The van der Waals surface area contributed by atoms with Gasteiger partial charge in [0.15, 0.2) is 0 Å². The quantitative estimate of drug-likeness (QED) is 0.661. The molecule has 2 rings (SSSR count). The molecule has 0 aromatic heterocycles. The molecule has 3 atom stereocenters. The van der Waals surface area contributed by atoms with E-state index in [0.717, 1.165) is 0 Å². The van der Waals surface area contributed by atoms with Crippen LogP contribution in [0.5, 0.6) is 0 Å². The summed E-state index contributed by atoms with van der Waals surface area (Å²) in [4.78, 5) is 36.8. The van der Waals surface area contributed by atoms with Crippen molar-refractivity contribution in [1.29, 1.82) is 0 Å². The normalized spacial score (nSPS) is 21.4. The number of hydrogen-bond acceptors (Lipinski definition) is 4. The molecule has 1 aromatic rings. The fraction of sp³-hybridized carbons (Fsp3) is 0.438. The Balaban J connectivity index is 2.10. The first-order valence-electron chi connectivity index (χ1n) is 7.58. The number of aliphatic hydroxyl groups is 1. The Hall–Kier alpha value is -2.48. The first kappa shape index (κ1) is 17.9. The molecule has 0 bridgehead atoms. The van der Waals surface area contributed by atoms with Crippen LogP contribution < -0.4 is 11.1 Å². The second kappa shape index (κ2) is 7.39. The van der Waals surface area contributed by atoms with E-state index in [-0.39, 0.29) is 30.9 Å². The SMILES string of the molecule is CC(=O)N1C[C@H](O)C[C@H]1C(=O)N[C@H](Cc1ccccc1F)C(N)=O. The van der Waals surface area contributed by atoms with Crippen molar-refractivity contribution in [2.75, 3.05) is 6.54 Å². The molecule has 1 aliphatic rings. The number of primary amides is 1.